The van der Waals surface area contributed by atoms with Gasteiger partial charge >= 0.3 is 0 Å². The van der Waals surface area contributed by atoms with Crippen LogP contribution in [0.3, 0.4) is 0 Å². The average molecular weight is 325 g/mol. The zero-order valence-electron chi connectivity index (χ0n) is 13.4. The van der Waals surface area contributed by atoms with Gasteiger partial charge in [0.25, 0.3) is 0 Å². The van der Waals surface area contributed by atoms with E-state index in [-0.39, 0.29) is 0 Å². The Labute approximate surface area is 140 Å². The van der Waals surface area contributed by atoms with E-state index in [2.05, 4.69) is 31.9 Å². The van der Waals surface area contributed by atoms with Crippen molar-refractivity contribution in [1.29, 1.82) is 0 Å². The standard InChI is InChI=1S/C17H19N5O2/c1-23-14-5-2-4-13(10-14)7-8-18-17-21-16(12-20-22-17)19-11-15-6-3-9-24-15/h2-6,9-10,12H,7-8,11H2,1H3,(H2,18,19,21,22). The van der Waals surface area contributed by atoms with Gasteiger partial charge in [0.1, 0.15) is 11.5 Å². The number of methoxy groups -OCH3 is 1. The van der Waals surface area contributed by atoms with Gasteiger partial charge < -0.3 is 19.8 Å². The maximum absolute atomic E-state index is 5.27. The third kappa shape index (κ3) is 4.45. The fraction of sp³-hybridized carbons (Fsp3) is 0.235. The number of ether oxygens (including phenoxy) is 1. The van der Waals surface area contributed by atoms with Gasteiger partial charge in [-0.15, -0.1) is 5.10 Å². The Kier molecular flexibility index (Phi) is 5.24. The third-order valence-corrected chi connectivity index (χ3v) is 3.41. The summed E-state index contributed by atoms with van der Waals surface area (Å²) in [5.74, 6) is 2.82. The van der Waals surface area contributed by atoms with Gasteiger partial charge in [-0.1, -0.05) is 12.1 Å². The van der Waals surface area contributed by atoms with Crippen molar-refractivity contribution >= 4 is 11.8 Å². The molecule has 0 atom stereocenters. The van der Waals surface area contributed by atoms with E-state index in [9.17, 15) is 0 Å². The summed E-state index contributed by atoms with van der Waals surface area (Å²) in [5.41, 5.74) is 1.18. The van der Waals surface area contributed by atoms with Crippen LogP contribution in [0, 0.1) is 0 Å². The minimum atomic E-state index is 0.488. The lowest BCUT2D eigenvalue weighted by molar-refractivity contribution is 0.414. The lowest BCUT2D eigenvalue weighted by atomic mass is 10.1. The van der Waals surface area contributed by atoms with E-state index in [1.165, 1.54) is 5.56 Å². The molecule has 2 heterocycles. The highest BCUT2D eigenvalue weighted by molar-refractivity contribution is 5.37. The van der Waals surface area contributed by atoms with E-state index in [1.807, 2.05) is 30.3 Å². The number of hydrogen-bond donors (Lipinski definition) is 2. The van der Waals surface area contributed by atoms with E-state index in [0.717, 1.165) is 17.9 Å². The molecule has 24 heavy (non-hydrogen) atoms. The molecule has 0 aliphatic rings. The van der Waals surface area contributed by atoms with Crippen molar-refractivity contribution in [1.82, 2.24) is 15.2 Å². The van der Waals surface area contributed by atoms with E-state index >= 15 is 0 Å². The molecule has 0 radical (unpaired) electrons. The van der Waals surface area contributed by atoms with Gasteiger partial charge in [0.05, 0.1) is 26.1 Å². The fourth-order valence-electron chi connectivity index (χ4n) is 2.20. The Hall–Kier alpha value is -3.09. The number of hydrogen-bond acceptors (Lipinski definition) is 7. The zero-order chi connectivity index (χ0) is 16.6. The van der Waals surface area contributed by atoms with Crippen LogP contribution in [0.4, 0.5) is 11.8 Å². The minimum absolute atomic E-state index is 0.488. The molecular formula is C17H19N5O2. The largest absolute Gasteiger partial charge is 0.497 e. The molecule has 0 unspecified atom stereocenters. The number of rotatable bonds is 8. The van der Waals surface area contributed by atoms with Crippen LogP contribution in [0.1, 0.15) is 11.3 Å². The molecular weight excluding hydrogens is 306 g/mol. The summed E-state index contributed by atoms with van der Waals surface area (Å²) in [7, 11) is 1.66. The smallest absolute Gasteiger partial charge is 0.244 e. The molecule has 0 amide bonds. The van der Waals surface area contributed by atoms with Gasteiger partial charge in [0.2, 0.25) is 5.95 Å². The van der Waals surface area contributed by atoms with Gasteiger partial charge in [0, 0.05) is 6.54 Å². The number of aromatic nitrogens is 3. The van der Waals surface area contributed by atoms with Crippen LogP contribution in [0.5, 0.6) is 5.75 Å². The molecule has 7 nitrogen and oxygen atoms in total. The van der Waals surface area contributed by atoms with Crippen molar-refractivity contribution in [2.45, 2.75) is 13.0 Å². The second-order valence-corrected chi connectivity index (χ2v) is 5.13. The van der Waals surface area contributed by atoms with Gasteiger partial charge in [-0.05, 0) is 36.2 Å². The van der Waals surface area contributed by atoms with Gasteiger partial charge in [-0.25, -0.2) is 0 Å². The van der Waals surface area contributed by atoms with Gasteiger partial charge in [-0.2, -0.15) is 10.1 Å². The predicted molar refractivity (Wildman–Crippen MR) is 91.0 cm³/mol. The lowest BCUT2D eigenvalue weighted by Crippen LogP contribution is -2.10. The molecule has 0 saturated heterocycles. The second-order valence-electron chi connectivity index (χ2n) is 5.13. The molecule has 0 spiro atoms. The topological polar surface area (TPSA) is 85.1 Å². The Balaban J connectivity index is 1.50. The Morgan fingerprint density at radius 3 is 2.96 bits per heavy atom. The molecule has 0 aliphatic heterocycles. The Morgan fingerprint density at radius 2 is 2.12 bits per heavy atom. The van der Waals surface area contributed by atoms with Crippen LogP contribution in [-0.4, -0.2) is 28.8 Å². The Bertz CT molecular complexity index is 761. The van der Waals surface area contributed by atoms with Crippen LogP contribution >= 0.6 is 0 Å². The van der Waals surface area contributed by atoms with Gasteiger partial charge in [-0.3, -0.25) is 0 Å². The highest BCUT2D eigenvalue weighted by Gasteiger charge is 2.02. The summed E-state index contributed by atoms with van der Waals surface area (Å²) in [5, 5.41) is 14.3. The van der Waals surface area contributed by atoms with E-state index in [4.69, 9.17) is 9.15 Å². The maximum Gasteiger partial charge on any atom is 0.244 e. The van der Waals surface area contributed by atoms with Gasteiger partial charge in [0.15, 0.2) is 5.82 Å². The van der Waals surface area contributed by atoms with Crippen LogP contribution in [0.25, 0.3) is 0 Å². The van der Waals surface area contributed by atoms with E-state index in [0.29, 0.717) is 24.9 Å². The fourth-order valence-corrected chi connectivity index (χ4v) is 2.20. The summed E-state index contributed by atoms with van der Waals surface area (Å²) >= 11 is 0. The first kappa shape index (κ1) is 15.8. The first-order valence-corrected chi connectivity index (χ1v) is 7.66. The second kappa shape index (κ2) is 7.96. The average Bonchev–Trinajstić information content (AvgIpc) is 3.14. The van der Waals surface area contributed by atoms with Crippen molar-refractivity contribution < 1.29 is 9.15 Å². The van der Waals surface area contributed by atoms with Crippen LogP contribution < -0.4 is 15.4 Å². The van der Waals surface area contributed by atoms with Crippen molar-refractivity contribution in [3.05, 3.63) is 60.2 Å². The highest BCUT2D eigenvalue weighted by Crippen LogP contribution is 2.13. The molecule has 7 heteroatoms. The molecule has 3 rings (SSSR count). The SMILES string of the molecule is COc1cccc(CCNc2nncc(NCc3ccco3)n2)c1. The van der Waals surface area contributed by atoms with Crippen molar-refractivity contribution in [3.8, 4) is 5.75 Å². The van der Waals surface area contributed by atoms with Crippen LogP contribution in [0.15, 0.2) is 53.3 Å². The Morgan fingerprint density at radius 1 is 1.17 bits per heavy atom. The van der Waals surface area contributed by atoms with E-state index < -0.39 is 0 Å². The zero-order valence-corrected chi connectivity index (χ0v) is 13.4. The van der Waals surface area contributed by atoms with Crippen molar-refractivity contribution in [3.63, 3.8) is 0 Å². The first-order chi connectivity index (χ1) is 11.8. The summed E-state index contributed by atoms with van der Waals surface area (Å²) in [4.78, 5) is 4.37. The van der Waals surface area contributed by atoms with Crippen LogP contribution in [0.2, 0.25) is 0 Å². The quantitative estimate of drug-likeness (QED) is 0.658. The molecule has 0 saturated carbocycles. The summed E-state index contributed by atoms with van der Waals surface area (Å²) in [6, 6.07) is 11.7. The molecule has 0 aliphatic carbocycles. The molecule has 2 aromatic heterocycles. The number of benzene rings is 1. The molecule has 0 bridgehead atoms. The first-order valence-electron chi connectivity index (χ1n) is 7.66. The summed E-state index contributed by atoms with van der Waals surface area (Å²) in [6.07, 6.45) is 4.06. The van der Waals surface area contributed by atoms with Crippen molar-refractivity contribution in [2.24, 2.45) is 0 Å². The monoisotopic (exact) mass is 325 g/mol. The van der Waals surface area contributed by atoms with E-state index in [1.54, 1.807) is 19.6 Å². The third-order valence-electron chi connectivity index (χ3n) is 3.41. The molecule has 2 N–H and O–H groups in total. The summed E-state index contributed by atoms with van der Waals surface area (Å²) < 4.78 is 10.5. The predicted octanol–water partition coefficient (Wildman–Crippen LogP) is 2.74. The molecule has 124 valence electrons. The number of nitrogens with one attached hydrogen (secondary N) is 2. The molecule has 0 fully saturated rings. The normalized spacial score (nSPS) is 10.4. The number of anilines is 2. The van der Waals surface area contributed by atoms with Crippen LogP contribution in [-0.2, 0) is 13.0 Å². The molecule has 3 aromatic rings. The maximum atomic E-state index is 5.27. The molecule has 1 aromatic carbocycles. The highest BCUT2D eigenvalue weighted by atomic mass is 16.5. The number of nitrogens with zero attached hydrogens (tertiary/aromatic N) is 3. The van der Waals surface area contributed by atoms with Crippen molar-refractivity contribution in [2.75, 3.05) is 24.3 Å². The minimum Gasteiger partial charge on any atom is -0.497 e. The lowest BCUT2D eigenvalue weighted by Gasteiger charge is -2.07. The summed E-state index contributed by atoms with van der Waals surface area (Å²) in [6.45, 7) is 1.26. The number of furan rings is 1.